The van der Waals surface area contributed by atoms with Crippen molar-refractivity contribution in [3.05, 3.63) is 65.1 Å². The third-order valence-corrected chi connectivity index (χ3v) is 4.59. The van der Waals surface area contributed by atoms with E-state index in [4.69, 9.17) is 0 Å². The van der Waals surface area contributed by atoms with E-state index in [2.05, 4.69) is 32.7 Å². The average Bonchev–Trinajstić information content (AvgIpc) is 3.01. The van der Waals surface area contributed by atoms with E-state index in [0.29, 0.717) is 17.8 Å². The molecule has 0 saturated heterocycles. The van der Waals surface area contributed by atoms with Crippen molar-refractivity contribution < 1.29 is 9.59 Å². The minimum atomic E-state index is -0.203. The first-order valence-corrected chi connectivity index (χ1v) is 9.20. The summed E-state index contributed by atoms with van der Waals surface area (Å²) in [4.78, 5) is 33.1. The van der Waals surface area contributed by atoms with Gasteiger partial charge in [-0.05, 0) is 37.1 Å². The molecule has 3 aromatic rings. The lowest BCUT2D eigenvalue weighted by Gasteiger charge is -2.12. The minimum absolute atomic E-state index is 0.153. The van der Waals surface area contributed by atoms with E-state index in [9.17, 15) is 9.59 Å². The lowest BCUT2D eigenvalue weighted by Crippen LogP contribution is -2.34. The first-order valence-electron chi connectivity index (χ1n) is 9.20. The molecule has 0 unspecified atom stereocenters. The number of amides is 3. The predicted molar refractivity (Wildman–Crippen MR) is 109 cm³/mol. The summed E-state index contributed by atoms with van der Waals surface area (Å²) in [6.07, 6.45) is 2.33. The number of para-hydroxylation sites is 1. The highest BCUT2D eigenvalue weighted by Crippen LogP contribution is 2.21. The van der Waals surface area contributed by atoms with Gasteiger partial charge in [0.1, 0.15) is 0 Å². The number of urea groups is 1. The highest BCUT2D eigenvalue weighted by atomic mass is 16.2. The van der Waals surface area contributed by atoms with Gasteiger partial charge in [-0.15, -0.1) is 0 Å². The highest BCUT2D eigenvalue weighted by Gasteiger charge is 2.11. The first-order chi connectivity index (χ1) is 13.5. The number of aromatic amines is 1. The number of carbonyl (C=O) groups excluding carboxylic acids is 2. The molecular formula is C21H25N5O2. The number of pyridine rings is 1. The maximum absolute atomic E-state index is 12.5. The number of hydrogen-bond acceptors (Lipinski definition) is 3. The molecule has 1 aromatic carbocycles. The molecule has 0 aliphatic carbocycles. The molecule has 0 atom stereocenters. The van der Waals surface area contributed by atoms with E-state index >= 15 is 0 Å². The summed E-state index contributed by atoms with van der Waals surface area (Å²) in [6, 6.07) is 11.3. The summed E-state index contributed by atoms with van der Waals surface area (Å²) in [5.74, 6) is -0.153. The minimum Gasteiger partial charge on any atom is -0.358 e. The zero-order valence-corrected chi connectivity index (χ0v) is 16.4. The number of fused-ring (bicyclic) bond motifs is 1. The topological polar surface area (TPSA) is 90.1 Å². The second kappa shape index (κ2) is 8.56. The van der Waals surface area contributed by atoms with Crippen LogP contribution in [0.5, 0.6) is 0 Å². The smallest absolute Gasteiger partial charge is 0.317 e. The van der Waals surface area contributed by atoms with Crippen LogP contribution in [0.25, 0.3) is 10.9 Å². The van der Waals surface area contributed by atoms with E-state index in [1.807, 2.05) is 19.1 Å². The second-order valence-corrected chi connectivity index (χ2v) is 6.87. The van der Waals surface area contributed by atoms with Crippen molar-refractivity contribution in [1.29, 1.82) is 0 Å². The Morgan fingerprint density at radius 1 is 1.14 bits per heavy atom. The van der Waals surface area contributed by atoms with Gasteiger partial charge >= 0.3 is 6.03 Å². The molecule has 3 rings (SSSR count). The quantitative estimate of drug-likeness (QED) is 0.615. The van der Waals surface area contributed by atoms with E-state index in [1.54, 1.807) is 32.4 Å². The summed E-state index contributed by atoms with van der Waals surface area (Å²) in [6.45, 7) is 2.86. The molecule has 28 heavy (non-hydrogen) atoms. The maximum atomic E-state index is 12.5. The zero-order chi connectivity index (χ0) is 20.1. The third-order valence-electron chi connectivity index (χ3n) is 4.59. The fraction of sp³-hybridized carbons (Fsp3) is 0.286. The Kier molecular flexibility index (Phi) is 5.93. The van der Waals surface area contributed by atoms with Crippen molar-refractivity contribution in [3.63, 3.8) is 0 Å². The molecule has 3 amide bonds. The predicted octanol–water partition coefficient (Wildman–Crippen LogP) is 2.62. The van der Waals surface area contributed by atoms with Crippen LogP contribution >= 0.6 is 0 Å². The van der Waals surface area contributed by atoms with Gasteiger partial charge in [0.2, 0.25) is 0 Å². The molecule has 0 saturated carbocycles. The highest BCUT2D eigenvalue weighted by molar-refractivity contribution is 5.94. The largest absolute Gasteiger partial charge is 0.358 e. The molecule has 2 heterocycles. The van der Waals surface area contributed by atoms with Crippen LogP contribution in [0.3, 0.4) is 0 Å². The molecule has 0 bridgehead atoms. The van der Waals surface area contributed by atoms with Crippen molar-refractivity contribution in [2.75, 3.05) is 20.6 Å². The third kappa shape index (κ3) is 4.49. The van der Waals surface area contributed by atoms with Crippen molar-refractivity contribution in [3.8, 4) is 0 Å². The fourth-order valence-corrected chi connectivity index (χ4v) is 3.10. The fourth-order valence-electron chi connectivity index (χ4n) is 3.10. The molecule has 0 radical (unpaired) electrons. The van der Waals surface area contributed by atoms with Gasteiger partial charge < -0.3 is 20.5 Å². The lowest BCUT2D eigenvalue weighted by atomic mass is 10.1. The van der Waals surface area contributed by atoms with E-state index in [1.165, 1.54) is 15.8 Å². The van der Waals surface area contributed by atoms with E-state index < -0.39 is 0 Å². The number of aromatic nitrogens is 2. The van der Waals surface area contributed by atoms with E-state index in [0.717, 1.165) is 17.6 Å². The summed E-state index contributed by atoms with van der Waals surface area (Å²) < 4.78 is 0. The van der Waals surface area contributed by atoms with Crippen LogP contribution in [0.1, 0.15) is 27.3 Å². The molecule has 0 aliphatic heterocycles. The number of nitrogens with zero attached hydrogens (tertiary/aromatic N) is 2. The second-order valence-electron chi connectivity index (χ2n) is 6.87. The lowest BCUT2D eigenvalue weighted by molar-refractivity contribution is 0.0954. The van der Waals surface area contributed by atoms with Crippen LogP contribution < -0.4 is 10.6 Å². The molecule has 0 aliphatic rings. The van der Waals surface area contributed by atoms with Gasteiger partial charge in [0.05, 0.1) is 12.2 Å². The average molecular weight is 379 g/mol. The van der Waals surface area contributed by atoms with E-state index in [-0.39, 0.29) is 18.5 Å². The van der Waals surface area contributed by atoms with Crippen molar-refractivity contribution in [2.45, 2.75) is 19.9 Å². The number of aryl methyl sites for hydroxylation is 1. The van der Waals surface area contributed by atoms with Crippen LogP contribution in [0.15, 0.2) is 42.6 Å². The number of benzene rings is 1. The summed E-state index contributed by atoms with van der Waals surface area (Å²) in [7, 11) is 3.34. The van der Waals surface area contributed by atoms with Gasteiger partial charge in [-0.2, -0.15) is 0 Å². The monoisotopic (exact) mass is 379 g/mol. The number of nitrogens with one attached hydrogen (secondary N) is 3. The molecule has 2 aromatic heterocycles. The van der Waals surface area contributed by atoms with Crippen molar-refractivity contribution >= 4 is 22.8 Å². The summed E-state index contributed by atoms with van der Waals surface area (Å²) >= 11 is 0. The normalized spacial score (nSPS) is 10.7. The van der Waals surface area contributed by atoms with Crippen LogP contribution in [-0.4, -0.2) is 47.4 Å². The van der Waals surface area contributed by atoms with Crippen LogP contribution in [0, 0.1) is 6.92 Å². The number of rotatable bonds is 6. The van der Waals surface area contributed by atoms with Crippen LogP contribution in [-0.2, 0) is 13.0 Å². The summed E-state index contributed by atoms with van der Waals surface area (Å²) in [5, 5.41) is 6.89. The number of hydrogen-bond donors (Lipinski definition) is 3. The molecule has 7 heteroatoms. The van der Waals surface area contributed by atoms with Gasteiger partial charge in [0.15, 0.2) is 0 Å². The maximum Gasteiger partial charge on any atom is 0.317 e. The van der Waals surface area contributed by atoms with Gasteiger partial charge in [-0.25, -0.2) is 4.79 Å². The molecule has 0 spiro atoms. The van der Waals surface area contributed by atoms with Gasteiger partial charge in [0, 0.05) is 49.0 Å². The zero-order valence-electron chi connectivity index (χ0n) is 16.4. The Morgan fingerprint density at radius 2 is 1.93 bits per heavy atom. The Labute approximate surface area is 164 Å². The molecule has 3 N–H and O–H groups in total. The van der Waals surface area contributed by atoms with Crippen molar-refractivity contribution in [2.24, 2.45) is 0 Å². The van der Waals surface area contributed by atoms with Gasteiger partial charge in [0.25, 0.3) is 5.91 Å². The molecular weight excluding hydrogens is 354 g/mol. The van der Waals surface area contributed by atoms with Gasteiger partial charge in [-0.1, -0.05) is 18.2 Å². The Hall–Kier alpha value is -3.35. The standard InChI is InChI=1S/C21H25N5O2/c1-14-17(18-6-4-5-7-19(18)25-14)9-11-23-20(27)15-8-10-22-16(12-15)13-24-21(28)26(2)3/h4-8,10,12,25H,9,11,13H2,1-3H3,(H,23,27)(H,24,28). The molecule has 0 fully saturated rings. The Balaban J connectivity index is 1.58. The van der Waals surface area contributed by atoms with Crippen LogP contribution in [0.2, 0.25) is 0 Å². The number of carbonyl (C=O) groups is 2. The summed E-state index contributed by atoms with van der Waals surface area (Å²) in [5.41, 5.74) is 4.62. The Morgan fingerprint density at radius 3 is 2.71 bits per heavy atom. The van der Waals surface area contributed by atoms with Gasteiger partial charge in [-0.3, -0.25) is 9.78 Å². The molecule has 146 valence electrons. The number of H-pyrrole nitrogens is 1. The van der Waals surface area contributed by atoms with Crippen LogP contribution in [0.4, 0.5) is 4.79 Å². The van der Waals surface area contributed by atoms with Crippen molar-refractivity contribution in [1.82, 2.24) is 25.5 Å². The SMILES string of the molecule is Cc1[nH]c2ccccc2c1CCNC(=O)c1ccnc(CNC(=O)N(C)C)c1. The molecule has 7 nitrogen and oxygen atoms in total. The Bertz CT molecular complexity index is 993. The first kappa shape index (κ1) is 19.4.